The molecular weight excluding hydrogens is 303 g/mol. The second-order valence-electron chi connectivity index (χ2n) is 2.53. The average Bonchev–Trinajstić information content (AvgIpc) is 2.22. The van der Waals surface area contributed by atoms with E-state index in [1.807, 2.05) is 0 Å². The highest BCUT2D eigenvalue weighted by Gasteiger charge is 2.14. The van der Waals surface area contributed by atoms with Gasteiger partial charge in [-0.2, -0.15) is 0 Å². The van der Waals surface area contributed by atoms with Crippen molar-refractivity contribution in [2.75, 3.05) is 11.2 Å². The van der Waals surface area contributed by atoms with Crippen molar-refractivity contribution in [1.29, 1.82) is 0 Å². The summed E-state index contributed by atoms with van der Waals surface area (Å²) in [5, 5.41) is 3.01. The normalized spacial score (nSPS) is 10.2. The predicted octanol–water partition coefficient (Wildman–Crippen LogP) is 4.48. The molecule has 2 nitrogen and oxygen atoms in total. The molecule has 0 radical (unpaired) electrons. The number of benzene rings is 1. The molecule has 0 aliphatic carbocycles. The molecule has 0 aliphatic heterocycles. The van der Waals surface area contributed by atoms with Crippen LogP contribution in [0.3, 0.4) is 0 Å². The van der Waals surface area contributed by atoms with Gasteiger partial charge in [-0.05, 0) is 6.07 Å². The van der Waals surface area contributed by atoms with Gasteiger partial charge in [-0.1, -0.05) is 46.4 Å². The van der Waals surface area contributed by atoms with Crippen molar-refractivity contribution in [3.05, 3.63) is 26.2 Å². The summed E-state index contributed by atoms with van der Waals surface area (Å²) in [6.07, 6.45) is 0. The summed E-state index contributed by atoms with van der Waals surface area (Å²) in [5.41, 5.74) is 0.279. The third-order valence-electron chi connectivity index (χ3n) is 1.50. The first kappa shape index (κ1) is 13.2. The predicted molar refractivity (Wildman–Crippen MR) is 65.8 cm³/mol. The fourth-order valence-electron chi connectivity index (χ4n) is 0.847. The minimum absolute atomic E-state index is 0.0932. The quantitative estimate of drug-likeness (QED) is 0.487. The Balaban J connectivity index is 3.15. The van der Waals surface area contributed by atoms with Crippen molar-refractivity contribution in [3.63, 3.8) is 0 Å². The van der Waals surface area contributed by atoms with Crippen LogP contribution in [0.4, 0.5) is 5.69 Å². The van der Waals surface area contributed by atoms with Gasteiger partial charge in [-0.25, -0.2) is 0 Å². The number of hydrogen-bond donors (Lipinski definition) is 1. The Bertz CT molecular complexity index is 407. The first-order valence-electron chi connectivity index (χ1n) is 3.66. The smallest absolute Gasteiger partial charge is 0.239 e. The molecule has 0 aliphatic rings. The Morgan fingerprint density at radius 1 is 1.13 bits per heavy atom. The zero-order valence-electron chi connectivity index (χ0n) is 7.08. The number of carbonyl (C=O) groups is 1. The molecule has 82 valence electrons. The van der Waals surface area contributed by atoms with Gasteiger partial charge in [-0.15, -0.1) is 11.6 Å². The third kappa shape index (κ3) is 3.05. The zero-order chi connectivity index (χ0) is 11.6. The molecule has 0 fully saturated rings. The van der Waals surface area contributed by atoms with E-state index in [-0.39, 0.29) is 31.7 Å². The highest BCUT2D eigenvalue weighted by molar-refractivity contribution is 6.52. The van der Waals surface area contributed by atoms with E-state index in [1.165, 1.54) is 6.07 Å². The van der Waals surface area contributed by atoms with Crippen LogP contribution in [-0.2, 0) is 4.79 Å². The molecular formula is C8H4Cl5NO. The molecule has 1 aromatic carbocycles. The van der Waals surface area contributed by atoms with E-state index in [2.05, 4.69) is 5.32 Å². The van der Waals surface area contributed by atoms with Crippen LogP contribution in [0.15, 0.2) is 6.07 Å². The largest absolute Gasteiger partial charge is 0.324 e. The highest BCUT2D eigenvalue weighted by Crippen LogP contribution is 2.40. The maximum absolute atomic E-state index is 11.0. The van der Waals surface area contributed by atoms with Gasteiger partial charge in [0.1, 0.15) is 5.88 Å². The van der Waals surface area contributed by atoms with Crippen LogP contribution in [0.2, 0.25) is 20.1 Å². The highest BCUT2D eigenvalue weighted by atomic mass is 35.5. The molecule has 0 heterocycles. The number of hydrogen-bond acceptors (Lipinski definition) is 1. The molecule has 0 aromatic heterocycles. The molecule has 0 unspecified atom stereocenters. The van der Waals surface area contributed by atoms with Gasteiger partial charge >= 0.3 is 0 Å². The molecule has 0 saturated carbocycles. The van der Waals surface area contributed by atoms with Crippen molar-refractivity contribution in [3.8, 4) is 0 Å². The number of halogens is 5. The summed E-state index contributed by atoms with van der Waals surface area (Å²) in [4.78, 5) is 11.0. The van der Waals surface area contributed by atoms with Gasteiger partial charge in [-0.3, -0.25) is 4.79 Å². The Labute approximate surface area is 111 Å². The van der Waals surface area contributed by atoms with Crippen LogP contribution < -0.4 is 5.32 Å². The molecule has 7 heteroatoms. The number of anilines is 1. The fourth-order valence-corrected chi connectivity index (χ4v) is 1.76. The van der Waals surface area contributed by atoms with Gasteiger partial charge in [0.2, 0.25) is 5.91 Å². The van der Waals surface area contributed by atoms with E-state index >= 15 is 0 Å². The summed E-state index contributed by atoms with van der Waals surface area (Å²) in [7, 11) is 0. The second kappa shape index (κ2) is 5.46. The number of alkyl halides is 1. The lowest BCUT2D eigenvalue weighted by Gasteiger charge is -2.09. The van der Waals surface area contributed by atoms with Crippen molar-refractivity contribution >= 4 is 69.6 Å². The van der Waals surface area contributed by atoms with Gasteiger partial charge in [0.05, 0.1) is 25.8 Å². The van der Waals surface area contributed by atoms with Crippen LogP contribution >= 0.6 is 58.0 Å². The van der Waals surface area contributed by atoms with Crippen LogP contribution in [0, 0.1) is 0 Å². The summed E-state index contributed by atoms with van der Waals surface area (Å²) in [5.74, 6) is -0.596. The molecule has 0 atom stereocenters. The van der Waals surface area contributed by atoms with Gasteiger partial charge in [0, 0.05) is 0 Å². The molecule has 1 rings (SSSR count). The summed E-state index contributed by atoms with van der Waals surface area (Å²) >= 11 is 28.4. The molecule has 1 N–H and O–H groups in total. The van der Waals surface area contributed by atoms with Crippen molar-refractivity contribution in [2.24, 2.45) is 0 Å². The van der Waals surface area contributed by atoms with Crippen molar-refractivity contribution in [1.82, 2.24) is 0 Å². The lowest BCUT2D eigenvalue weighted by molar-refractivity contribution is -0.113. The Morgan fingerprint density at radius 3 is 2.27 bits per heavy atom. The second-order valence-corrected chi connectivity index (χ2v) is 4.34. The monoisotopic (exact) mass is 305 g/mol. The lowest BCUT2D eigenvalue weighted by Crippen LogP contribution is -2.13. The molecule has 1 amide bonds. The van der Waals surface area contributed by atoms with E-state index in [1.54, 1.807) is 0 Å². The van der Waals surface area contributed by atoms with Gasteiger partial charge in [0.25, 0.3) is 0 Å². The topological polar surface area (TPSA) is 29.1 Å². The number of carbonyl (C=O) groups excluding carboxylic acids is 1. The molecule has 0 bridgehead atoms. The minimum atomic E-state index is -0.409. The van der Waals surface area contributed by atoms with Gasteiger partial charge < -0.3 is 5.32 Å². The van der Waals surface area contributed by atoms with E-state index < -0.39 is 5.91 Å². The van der Waals surface area contributed by atoms with E-state index in [4.69, 9.17) is 58.0 Å². The third-order valence-corrected chi connectivity index (χ3v) is 3.49. The summed E-state index contributed by atoms with van der Waals surface area (Å²) in [6.45, 7) is 0. The van der Waals surface area contributed by atoms with Crippen LogP contribution in [0.1, 0.15) is 0 Å². The van der Waals surface area contributed by atoms with E-state index in [9.17, 15) is 4.79 Å². The maximum Gasteiger partial charge on any atom is 0.239 e. The molecule has 0 saturated heterocycles. The number of amides is 1. The van der Waals surface area contributed by atoms with Crippen LogP contribution in [0.5, 0.6) is 0 Å². The average molecular weight is 307 g/mol. The first-order valence-corrected chi connectivity index (χ1v) is 5.70. The summed E-state index contributed by atoms with van der Waals surface area (Å²) in [6, 6.07) is 1.41. The first-order chi connectivity index (χ1) is 6.97. The zero-order valence-corrected chi connectivity index (χ0v) is 10.9. The maximum atomic E-state index is 11.0. The number of nitrogens with one attached hydrogen (secondary N) is 1. The molecule has 1 aromatic rings. The van der Waals surface area contributed by atoms with E-state index in [0.717, 1.165) is 0 Å². The molecule has 15 heavy (non-hydrogen) atoms. The Kier molecular flexibility index (Phi) is 4.81. The standard InChI is InChI=1S/C8H4Cl5NO/c9-2-5(15)14-4-1-3(10)6(11)8(13)7(4)12/h1H,2H2,(H,14,15). The van der Waals surface area contributed by atoms with Crippen LogP contribution in [0.25, 0.3) is 0 Å². The fraction of sp³-hybridized carbons (Fsp3) is 0.125. The Hall–Kier alpha value is 0.140. The van der Waals surface area contributed by atoms with Crippen molar-refractivity contribution in [2.45, 2.75) is 0 Å². The summed E-state index contributed by atoms with van der Waals surface area (Å²) < 4.78 is 0. The van der Waals surface area contributed by atoms with E-state index in [0.29, 0.717) is 0 Å². The minimum Gasteiger partial charge on any atom is -0.324 e. The SMILES string of the molecule is O=C(CCl)Nc1cc(Cl)c(Cl)c(Cl)c1Cl. The van der Waals surface area contributed by atoms with Crippen molar-refractivity contribution < 1.29 is 4.79 Å². The van der Waals surface area contributed by atoms with Crippen LogP contribution in [-0.4, -0.2) is 11.8 Å². The lowest BCUT2D eigenvalue weighted by atomic mass is 10.3. The number of rotatable bonds is 2. The van der Waals surface area contributed by atoms with Gasteiger partial charge in [0.15, 0.2) is 0 Å². The Morgan fingerprint density at radius 2 is 1.73 bits per heavy atom. The molecule has 0 spiro atoms.